The summed E-state index contributed by atoms with van der Waals surface area (Å²) in [5.74, 6) is -0.616. The first kappa shape index (κ1) is 17.4. The van der Waals surface area contributed by atoms with E-state index < -0.39 is 0 Å². The summed E-state index contributed by atoms with van der Waals surface area (Å²) in [5.41, 5.74) is 0.972. The van der Waals surface area contributed by atoms with Crippen LogP contribution in [0.1, 0.15) is 50.2 Å². The second kappa shape index (κ2) is 7.41. The van der Waals surface area contributed by atoms with Crippen molar-refractivity contribution in [2.45, 2.75) is 39.5 Å². The van der Waals surface area contributed by atoms with Crippen LogP contribution in [0.2, 0.25) is 5.15 Å². The molecular formula is C15H21ClN2O3. The minimum atomic E-state index is -0.332. The smallest absolute Gasteiger partial charge is 0.307 e. The van der Waals surface area contributed by atoms with Gasteiger partial charge in [0.25, 0.3) is 5.91 Å². The van der Waals surface area contributed by atoms with E-state index in [2.05, 4.69) is 10.3 Å². The fraction of sp³-hybridized carbons (Fsp3) is 0.533. The van der Waals surface area contributed by atoms with Crippen molar-refractivity contribution in [3.05, 3.63) is 28.5 Å². The van der Waals surface area contributed by atoms with Crippen molar-refractivity contribution >= 4 is 23.5 Å². The second-order valence-corrected chi connectivity index (χ2v) is 6.01. The first-order valence-electron chi connectivity index (χ1n) is 6.86. The Morgan fingerprint density at radius 1 is 1.33 bits per heavy atom. The number of carbonyl (C=O) groups excluding carboxylic acids is 2. The predicted molar refractivity (Wildman–Crippen MR) is 81.5 cm³/mol. The molecule has 0 atom stereocenters. The van der Waals surface area contributed by atoms with Gasteiger partial charge >= 0.3 is 5.97 Å². The van der Waals surface area contributed by atoms with E-state index in [0.29, 0.717) is 12.2 Å². The number of rotatable bonds is 5. The lowest BCUT2D eigenvalue weighted by atomic mass is 9.91. The van der Waals surface area contributed by atoms with Gasteiger partial charge in [-0.1, -0.05) is 32.4 Å². The fourth-order valence-corrected chi connectivity index (χ4v) is 1.83. The molecule has 1 rings (SSSR count). The van der Waals surface area contributed by atoms with Gasteiger partial charge in [0.05, 0.1) is 13.0 Å². The lowest BCUT2D eigenvalue weighted by molar-refractivity contribution is -0.142. The van der Waals surface area contributed by atoms with Crippen molar-refractivity contribution < 1.29 is 14.3 Å². The highest BCUT2D eigenvalue weighted by Gasteiger charge is 2.19. The Balaban J connectivity index is 2.70. The van der Waals surface area contributed by atoms with Crippen LogP contribution in [0.3, 0.4) is 0 Å². The molecule has 1 aromatic rings. The fourth-order valence-electron chi connectivity index (χ4n) is 1.63. The van der Waals surface area contributed by atoms with Gasteiger partial charge in [0.2, 0.25) is 0 Å². The van der Waals surface area contributed by atoms with E-state index in [0.717, 1.165) is 5.69 Å². The van der Waals surface area contributed by atoms with Crippen LogP contribution < -0.4 is 5.32 Å². The van der Waals surface area contributed by atoms with E-state index in [4.69, 9.17) is 16.3 Å². The molecule has 6 heteroatoms. The minimum absolute atomic E-state index is 0.143. The summed E-state index contributed by atoms with van der Waals surface area (Å²) in [5, 5.41) is 2.94. The van der Waals surface area contributed by atoms with Crippen LogP contribution in [0.5, 0.6) is 0 Å². The molecule has 0 radical (unpaired) electrons. The number of nitrogens with one attached hydrogen (secondary N) is 1. The zero-order chi connectivity index (χ0) is 16.0. The molecule has 1 N–H and O–H groups in total. The summed E-state index contributed by atoms with van der Waals surface area (Å²) >= 11 is 5.96. The van der Waals surface area contributed by atoms with Gasteiger partial charge in [0.1, 0.15) is 5.15 Å². The van der Waals surface area contributed by atoms with Crippen molar-refractivity contribution in [2.75, 3.05) is 13.2 Å². The summed E-state index contributed by atoms with van der Waals surface area (Å²) in [7, 11) is 0. The molecule has 0 aliphatic rings. The normalized spacial score (nSPS) is 11.1. The maximum Gasteiger partial charge on any atom is 0.307 e. The summed E-state index contributed by atoms with van der Waals surface area (Å²) in [4.78, 5) is 27.5. The van der Waals surface area contributed by atoms with Gasteiger partial charge in [-0.2, -0.15) is 0 Å². The van der Waals surface area contributed by atoms with Crippen LogP contribution in [0.25, 0.3) is 0 Å². The Morgan fingerprint density at radius 2 is 2.00 bits per heavy atom. The van der Waals surface area contributed by atoms with Crippen LogP contribution in [0.4, 0.5) is 0 Å². The molecule has 1 aromatic heterocycles. The average molecular weight is 313 g/mol. The van der Waals surface area contributed by atoms with Crippen LogP contribution in [0.15, 0.2) is 12.1 Å². The van der Waals surface area contributed by atoms with E-state index in [9.17, 15) is 9.59 Å². The Morgan fingerprint density at radius 3 is 2.57 bits per heavy atom. The summed E-state index contributed by atoms with van der Waals surface area (Å²) in [6.07, 6.45) is 0.143. The molecule has 0 unspecified atom stereocenters. The zero-order valence-electron chi connectivity index (χ0n) is 12.8. The number of hydrogen-bond acceptors (Lipinski definition) is 4. The number of hydrogen-bond donors (Lipinski definition) is 1. The number of nitrogens with zero attached hydrogens (tertiary/aromatic N) is 1. The molecule has 0 fully saturated rings. The SMILES string of the molecule is CCOC(=O)CCNC(=O)c1cc(Cl)nc(C(C)(C)C)c1. The second-order valence-electron chi connectivity index (χ2n) is 5.62. The van der Waals surface area contributed by atoms with Gasteiger partial charge in [-0.05, 0) is 19.1 Å². The highest BCUT2D eigenvalue weighted by molar-refractivity contribution is 6.29. The van der Waals surface area contributed by atoms with Crippen LogP contribution in [-0.4, -0.2) is 30.0 Å². The van der Waals surface area contributed by atoms with Gasteiger partial charge in [0, 0.05) is 23.2 Å². The zero-order valence-corrected chi connectivity index (χ0v) is 13.6. The Bertz CT molecular complexity index is 524. The van der Waals surface area contributed by atoms with Crippen molar-refractivity contribution in [1.29, 1.82) is 0 Å². The molecule has 5 nitrogen and oxygen atoms in total. The van der Waals surface area contributed by atoms with Gasteiger partial charge in [-0.25, -0.2) is 4.98 Å². The van der Waals surface area contributed by atoms with Gasteiger partial charge in [-0.15, -0.1) is 0 Å². The van der Waals surface area contributed by atoms with Crippen molar-refractivity contribution in [1.82, 2.24) is 10.3 Å². The Hall–Kier alpha value is -1.62. The maximum absolute atomic E-state index is 12.1. The predicted octanol–water partition coefficient (Wildman–Crippen LogP) is 2.72. The summed E-state index contributed by atoms with van der Waals surface area (Å²) in [6.45, 7) is 8.28. The first-order chi connectivity index (χ1) is 9.74. The summed E-state index contributed by atoms with van der Waals surface area (Å²) < 4.78 is 4.79. The van der Waals surface area contributed by atoms with E-state index >= 15 is 0 Å². The first-order valence-corrected chi connectivity index (χ1v) is 7.23. The van der Waals surface area contributed by atoms with Crippen LogP contribution >= 0.6 is 11.6 Å². The number of carbonyl (C=O) groups is 2. The molecule has 0 aliphatic heterocycles. The molecule has 0 aromatic carbocycles. The van der Waals surface area contributed by atoms with E-state index in [1.807, 2.05) is 20.8 Å². The Labute approximate surface area is 130 Å². The van der Waals surface area contributed by atoms with E-state index in [-0.39, 0.29) is 35.4 Å². The molecule has 0 saturated carbocycles. The lowest BCUT2D eigenvalue weighted by Gasteiger charge is -2.18. The van der Waals surface area contributed by atoms with E-state index in [1.54, 1.807) is 13.0 Å². The number of amides is 1. The lowest BCUT2D eigenvalue weighted by Crippen LogP contribution is -2.27. The van der Waals surface area contributed by atoms with Crippen molar-refractivity contribution in [3.8, 4) is 0 Å². The highest BCUT2D eigenvalue weighted by Crippen LogP contribution is 2.23. The number of halogens is 1. The third-order valence-corrected chi connectivity index (χ3v) is 2.94. The van der Waals surface area contributed by atoms with Gasteiger partial charge in [0.15, 0.2) is 0 Å². The molecule has 0 bridgehead atoms. The molecule has 1 heterocycles. The highest BCUT2D eigenvalue weighted by atomic mass is 35.5. The number of esters is 1. The van der Waals surface area contributed by atoms with Gasteiger partial charge in [-0.3, -0.25) is 9.59 Å². The minimum Gasteiger partial charge on any atom is -0.466 e. The van der Waals surface area contributed by atoms with Gasteiger partial charge < -0.3 is 10.1 Å². The maximum atomic E-state index is 12.1. The Kier molecular flexibility index (Phi) is 6.15. The topological polar surface area (TPSA) is 68.3 Å². The quantitative estimate of drug-likeness (QED) is 0.670. The molecule has 21 heavy (non-hydrogen) atoms. The van der Waals surface area contributed by atoms with E-state index in [1.165, 1.54) is 6.07 Å². The van der Waals surface area contributed by atoms with Crippen LogP contribution in [0, 0.1) is 0 Å². The van der Waals surface area contributed by atoms with Crippen LogP contribution in [-0.2, 0) is 14.9 Å². The van der Waals surface area contributed by atoms with Crippen molar-refractivity contribution in [3.63, 3.8) is 0 Å². The third-order valence-electron chi connectivity index (χ3n) is 2.74. The number of aromatic nitrogens is 1. The molecule has 0 aliphatic carbocycles. The summed E-state index contributed by atoms with van der Waals surface area (Å²) in [6, 6.07) is 3.22. The monoisotopic (exact) mass is 312 g/mol. The molecule has 1 amide bonds. The van der Waals surface area contributed by atoms with Crippen molar-refractivity contribution in [2.24, 2.45) is 0 Å². The number of ether oxygens (including phenoxy) is 1. The molecule has 116 valence electrons. The average Bonchev–Trinajstić information content (AvgIpc) is 2.37. The molecular weight excluding hydrogens is 292 g/mol. The standard InChI is InChI=1S/C15H21ClN2O3/c1-5-21-13(19)6-7-17-14(20)10-8-11(15(2,3)4)18-12(16)9-10/h8-9H,5-7H2,1-4H3,(H,17,20). The number of pyridine rings is 1. The largest absolute Gasteiger partial charge is 0.466 e. The molecule has 0 spiro atoms. The molecule has 0 saturated heterocycles. The third kappa shape index (κ3) is 5.71.